The Morgan fingerprint density at radius 1 is 0.967 bits per heavy atom. The zero-order valence-electron chi connectivity index (χ0n) is 16.1. The van der Waals surface area contributed by atoms with Crippen molar-refractivity contribution in [1.82, 2.24) is 5.32 Å². The van der Waals surface area contributed by atoms with Crippen LogP contribution in [0.15, 0.2) is 54.6 Å². The van der Waals surface area contributed by atoms with Gasteiger partial charge in [-0.05, 0) is 42.8 Å². The van der Waals surface area contributed by atoms with Crippen LogP contribution in [0.25, 0.3) is 6.08 Å². The van der Waals surface area contributed by atoms with E-state index in [4.69, 9.17) is 4.74 Å². The minimum atomic E-state index is -0.940. The van der Waals surface area contributed by atoms with E-state index in [1.807, 2.05) is 41.3 Å². The summed E-state index contributed by atoms with van der Waals surface area (Å²) in [5, 5.41) is 2.36. The van der Waals surface area contributed by atoms with Gasteiger partial charge < -0.3 is 9.64 Å². The van der Waals surface area contributed by atoms with Crippen molar-refractivity contribution in [2.45, 2.75) is 19.0 Å². The highest BCUT2D eigenvalue weighted by Gasteiger charge is 2.62. The fourth-order valence-corrected chi connectivity index (χ4v) is 4.64. The number of imide groups is 1. The third-order valence-corrected chi connectivity index (χ3v) is 5.98. The van der Waals surface area contributed by atoms with Gasteiger partial charge in [0, 0.05) is 11.3 Å². The van der Waals surface area contributed by atoms with Crippen molar-refractivity contribution in [2.24, 2.45) is 11.8 Å². The van der Waals surface area contributed by atoms with E-state index < -0.39 is 35.8 Å². The second kappa shape index (κ2) is 6.66. The normalized spacial score (nSPS) is 26.0. The van der Waals surface area contributed by atoms with E-state index in [9.17, 15) is 19.2 Å². The van der Waals surface area contributed by atoms with E-state index in [-0.39, 0.29) is 17.4 Å². The third-order valence-electron chi connectivity index (χ3n) is 5.98. The van der Waals surface area contributed by atoms with E-state index in [1.54, 1.807) is 24.3 Å². The first-order valence-corrected chi connectivity index (χ1v) is 9.68. The van der Waals surface area contributed by atoms with Gasteiger partial charge >= 0.3 is 5.97 Å². The number of amides is 2. The van der Waals surface area contributed by atoms with Crippen molar-refractivity contribution in [3.05, 3.63) is 65.7 Å². The molecule has 2 aromatic rings. The highest BCUT2D eigenvalue weighted by atomic mass is 16.5. The molecule has 30 heavy (non-hydrogen) atoms. The standard InChI is InChI=1S/C23H18N2O5/c1-12(26)13-6-9-15(10-7-13)30-23(29)20-19-18(21(27)24-22(19)28)17-11-8-14-4-2-3-5-16(14)25(17)20/h2-11,17-20H,1H3,(H,24,27,28). The number of carbonyl (C=O) groups excluding carboxylic acids is 4. The molecule has 7 heteroatoms. The number of anilines is 1. The maximum absolute atomic E-state index is 13.2. The number of esters is 1. The van der Waals surface area contributed by atoms with Crippen LogP contribution in [0, 0.1) is 11.8 Å². The van der Waals surface area contributed by atoms with E-state index >= 15 is 0 Å². The van der Waals surface area contributed by atoms with Crippen LogP contribution in [0.5, 0.6) is 5.75 Å². The number of benzene rings is 2. The predicted octanol–water partition coefficient (Wildman–Crippen LogP) is 1.97. The maximum atomic E-state index is 13.2. The minimum Gasteiger partial charge on any atom is -0.425 e. The zero-order chi connectivity index (χ0) is 21.0. The summed E-state index contributed by atoms with van der Waals surface area (Å²) in [7, 11) is 0. The van der Waals surface area contributed by atoms with Crippen molar-refractivity contribution in [3.63, 3.8) is 0 Å². The molecule has 0 aliphatic carbocycles. The SMILES string of the molecule is CC(=O)c1ccc(OC(=O)C2C3C(=O)NC(=O)C3C3C=Cc4ccccc4N32)cc1. The summed E-state index contributed by atoms with van der Waals surface area (Å²) in [4.78, 5) is 51.6. The molecular weight excluding hydrogens is 384 g/mol. The number of ether oxygens (including phenoxy) is 1. The Balaban J connectivity index is 1.52. The lowest BCUT2D eigenvalue weighted by atomic mass is 9.89. The van der Waals surface area contributed by atoms with Crippen LogP contribution in [0.2, 0.25) is 0 Å². The molecule has 150 valence electrons. The van der Waals surface area contributed by atoms with Crippen molar-refractivity contribution < 1.29 is 23.9 Å². The smallest absolute Gasteiger partial charge is 0.335 e. The van der Waals surface area contributed by atoms with Gasteiger partial charge in [0.1, 0.15) is 11.8 Å². The average Bonchev–Trinajstić information content (AvgIpc) is 3.24. The van der Waals surface area contributed by atoms with Crippen LogP contribution in [0.4, 0.5) is 5.69 Å². The van der Waals surface area contributed by atoms with Gasteiger partial charge in [0.25, 0.3) is 0 Å². The molecule has 0 spiro atoms. The van der Waals surface area contributed by atoms with Crippen LogP contribution in [0.3, 0.4) is 0 Å². The topological polar surface area (TPSA) is 92.8 Å². The quantitative estimate of drug-likeness (QED) is 0.365. The lowest BCUT2D eigenvalue weighted by Gasteiger charge is -2.35. The van der Waals surface area contributed by atoms with Gasteiger partial charge in [0.2, 0.25) is 11.8 Å². The number of ketones is 1. The van der Waals surface area contributed by atoms with Gasteiger partial charge in [0.15, 0.2) is 5.78 Å². The Bertz CT molecular complexity index is 1120. The lowest BCUT2D eigenvalue weighted by molar-refractivity contribution is -0.139. The molecule has 2 fully saturated rings. The summed E-state index contributed by atoms with van der Waals surface area (Å²) in [6.45, 7) is 1.46. The number of carbonyl (C=O) groups is 4. The maximum Gasteiger partial charge on any atom is 0.335 e. The first-order chi connectivity index (χ1) is 14.5. The molecule has 0 aromatic heterocycles. The highest BCUT2D eigenvalue weighted by Crippen LogP contribution is 2.46. The summed E-state index contributed by atoms with van der Waals surface area (Å²) >= 11 is 0. The minimum absolute atomic E-state index is 0.0906. The Morgan fingerprint density at radius 3 is 2.40 bits per heavy atom. The van der Waals surface area contributed by atoms with Crippen molar-refractivity contribution >= 4 is 35.3 Å². The summed E-state index contributed by atoms with van der Waals surface area (Å²) in [6.07, 6.45) is 3.78. The van der Waals surface area contributed by atoms with Crippen LogP contribution in [0.1, 0.15) is 22.8 Å². The third kappa shape index (κ3) is 2.66. The summed E-state index contributed by atoms with van der Waals surface area (Å²) in [6, 6.07) is 12.4. The fraction of sp³-hybridized carbons (Fsp3) is 0.217. The average molecular weight is 402 g/mol. The molecule has 1 N–H and O–H groups in total. The Morgan fingerprint density at radius 2 is 1.67 bits per heavy atom. The summed E-state index contributed by atoms with van der Waals surface area (Å²) in [5.74, 6) is -2.74. The Kier molecular flexibility index (Phi) is 4.06. The first kappa shape index (κ1) is 18.3. The second-order valence-corrected chi connectivity index (χ2v) is 7.67. The fourth-order valence-electron chi connectivity index (χ4n) is 4.64. The van der Waals surface area contributed by atoms with E-state index in [2.05, 4.69) is 5.32 Å². The number of hydrogen-bond acceptors (Lipinski definition) is 6. The Labute approximate surface area is 172 Å². The molecule has 3 aliphatic rings. The molecule has 4 atom stereocenters. The number of fused-ring (bicyclic) bond motifs is 5. The van der Waals surface area contributed by atoms with Crippen LogP contribution >= 0.6 is 0 Å². The van der Waals surface area contributed by atoms with Crippen LogP contribution < -0.4 is 15.0 Å². The van der Waals surface area contributed by atoms with Crippen molar-refractivity contribution in [1.29, 1.82) is 0 Å². The van der Waals surface area contributed by atoms with E-state index in [1.165, 1.54) is 6.92 Å². The van der Waals surface area contributed by atoms with Gasteiger partial charge in [-0.3, -0.25) is 19.7 Å². The molecule has 0 radical (unpaired) electrons. The van der Waals surface area contributed by atoms with Crippen molar-refractivity contribution in [3.8, 4) is 5.75 Å². The molecule has 2 amide bonds. The number of nitrogens with one attached hydrogen (secondary N) is 1. The molecule has 5 rings (SSSR count). The van der Waals surface area contributed by atoms with Crippen LogP contribution in [-0.2, 0) is 14.4 Å². The predicted molar refractivity (Wildman–Crippen MR) is 108 cm³/mol. The number of para-hydroxylation sites is 1. The first-order valence-electron chi connectivity index (χ1n) is 9.68. The number of rotatable bonds is 3. The monoisotopic (exact) mass is 402 g/mol. The molecular formula is C23H18N2O5. The molecule has 7 nitrogen and oxygen atoms in total. The summed E-state index contributed by atoms with van der Waals surface area (Å²) < 4.78 is 5.58. The van der Waals surface area contributed by atoms with Crippen LogP contribution in [-0.4, -0.2) is 35.7 Å². The molecule has 0 bridgehead atoms. The van der Waals surface area contributed by atoms with Gasteiger partial charge in [0.05, 0.1) is 17.9 Å². The van der Waals surface area contributed by atoms with Crippen molar-refractivity contribution in [2.75, 3.05) is 4.90 Å². The Hall–Kier alpha value is -3.74. The largest absolute Gasteiger partial charge is 0.425 e. The highest BCUT2D eigenvalue weighted by molar-refractivity contribution is 6.10. The summed E-state index contributed by atoms with van der Waals surface area (Å²) in [5.41, 5.74) is 2.20. The molecule has 2 saturated heterocycles. The zero-order valence-corrected chi connectivity index (χ0v) is 16.1. The lowest BCUT2D eigenvalue weighted by Crippen LogP contribution is -2.49. The van der Waals surface area contributed by atoms with Gasteiger partial charge in [-0.1, -0.05) is 30.4 Å². The second-order valence-electron chi connectivity index (χ2n) is 7.67. The number of hydrogen-bond donors (Lipinski definition) is 1. The molecule has 3 aliphatic heterocycles. The molecule has 0 saturated carbocycles. The number of nitrogens with zero attached hydrogens (tertiary/aromatic N) is 1. The number of Topliss-reactive ketones (excluding diaryl/α,β-unsaturated/α-hetero) is 1. The van der Waals surface area contributed by atoms with E-state index in [0.717, 1.165) is 11.3 Å². The molecule has 4 unspecified atom stereocenters. The molecule has 3 heterocycles. The molecule has 2 aromatic carbocycles. The van der Waals surface area contributed by atoms with Gasteiger partial charge in [-0.15, -0.1) is 0 Å². The van der Waals surface area contributed by atoms with E-state index in [0.29, 0.717) is 5.56 Å². The van der Waals surface area contributed by atoms with Gasteiger partial charge in [-0.2, -0.15) is 0 Å². The van der Waals surface area contributed by atoms with Gasteiger partial charge in [-0.25, -0.2) is 4.79 Å².